The van der Waals surface area contributed by atoms with Crippen molar-refractivity contribution >= 4 is 11.8 Å². The first-order valence-electron chi connectivity index (χ1n) is 5.58. The summed E-state index contributed by atoms with van der Waals surface area (Å²) in [5.74, 6) is -0.300. The molecule has 0 saturated carbocycles. The lowest BCUT2D eigenvalue weighted by Crippen LogP contribution is -2.50. The number of likely N-dealkylation sites (N-methyl/N-ethyl adjacent to an activating group) is 1. The van der Waals surface area contributed by atoms with E-state index in [2.05, 4.69) is 33.7 Å². The number of carbonyl (C=O) groups is 1. The normalized spacial score (nSPS) is 21.5. The summed E-state index contributed by atoms with van der Waals surface area (Å²) in [5, 5.41) is 8.74. The van der Waals surface area contributed by atoms with E-state index in [1.54, 1.807) is 0 Å². The lowest BCUT2D eigenvalue weighted by Gasteiger charge is -2.38. The van der Waals surface area contributed by atoms with Gasteiger partial charge in [0, 0.05) is 25.7 Å². The molecule has 1 unspecified atom stereocenters. The molecule has 0 radical (unpaired) electrons. The van der Waals surface area contributed by atoms with Crippen LogP contribution in [0.1, 0.15) is 17.4 Å². The highest BCUT2D eigenvalue weighted by Crippen LogP contribution is 2.14. The number of piperazine rings is 1. The summed E-state index contributed by atoms with van der Waals surface area (Å²) in [4.78, 5) is 23.1. The first-order chi connectivity index (χ1) is 8.08. The van der Waals surface area contributed by atoms with Crippen LogP contribution < -0.4 is 4.90 Å². The second-order valence-corrected chi connectivity index (χ2v) is 4.34. The maximum absolute atomic E-state index is 10.7. The minimum Gasteiger partial charge on any atom is -0.476 e. The molecule has 1 fully saturated rings. The van der Waals surface area contributed by atoms with Crippen molar-refractivity contribution in [1.82, 2.24) is 14.9 Å². The number of aromatic nitrogens is 2. The molecule has 6 nitrogen and oxygen atoms in total. The van der Waals surface area contributed by atoms with Gasteiger partial charge in [-0.2, -0.15) is 0 Å². The quantitative estimate of drug-likeness (QED) is 0.797. The van der Waals surface area contributed by atoms with Crippen molar-refractivity contribution in [3.63, 3.8) is 0 Å². The third-order valence-corrected chi connectivity index (χ3v) is 3.14. The molecule has 17 heavy (non-hydrogen) atoms. The van der Waals surface area contributed by atoms with Gasteiger partial charge in [-0.25, -0.2) is 14.8 Å². The zero-order chi connectivity index (χ0) is 12.4. The Kier molecular flexibility index (Phi) is 3.23. The van der Waals surface area contributed by atoms with Crippen LogP contribution >= 0.6 is 0 Å². The molecule has 0 aromatic carbocycles. The zero-order valence-corrected chi connectivity index (χ0v) is 10.00. The topological polar surface area (TPSA) is 69.6 Å². The van der Waals surface area contributed by atoms with Gasteiger partial charge >= 0.3 is 5.97 Å². The number of hydrogen-bond acceptors (Lipinski definition) is 5. The fraction of sp³-hybridized carbons (Fsp3) is 0.545. The summed E-state index contributed by atoms with van der Waals surface area (Å²) in [6.45, 7) is 4.91. The predicted molar refractivity (Wildman–Crippen MR) is 63.3 cm³/mol. The molecule has 2 rings (SSSR count). The first-order valence-corrected chi connectivity index (χ1v) is 5.58. The molecule has 92 valence electrons. The van der Waals surface area contributed by atoms with Crippen LogP contribution in [0.15, 0.2) is 12.4 Å². The van der Waals surface area contributed by atoms with Gasteiger partial charge in [0.05, 0.1) is 12.4 Å². The third kappa shape index (κ3) is 2.52. The largest absolute Gasteiger partial charge is 0.476 e. The molecule has 0 bridgehead atoms. The van der Waals surface area contributed by atoms with E-state index < -0.39 is 5.97 Å². The molecule has 0 spiro atoms. The van der Waals surface area contributed by atoms with Crippen LogP contribution in [-0.4, -0.2) is 58.7 Å². The van der Waals surface area contributed by atoms with Gasteiger partial charge in [-0.15, -0.1) is 0 Å². The zero-order valence-electron chi connectivity index (χ0n) is 10.00. The standard InChI is InChI=1S/C11H16N4O2/c1-8-7-15(4-3-14(8)2)10-6-12-9(5-13-10)11(16)17/h5-6,8H,3-4,7H2,1-2H3,(H,16,17). The van der Waals surface area contributed by atoms with Gasteiger partial charge in [-0.3, -0.25) is 0 Å². The van der Waals surface area contributed by atoms with Gasteiger partial charge in [0.1, 0.15) is 5.82 Å². The highest BCUT2D eigenvalue weighted by molar-refractivity contribution is 5.84. The molecule has 1 aromatic heterocycles. The van der Waals surface area contributed by atoms with E-state index in [9.17, 15) is 4.79 Å². The minimum absolute atomic E-state index is 0.0177. The molecule has 1 saturated heterocycles. The summed E-state index contributed by atoms with van der Waals surface area (Å²) in [6.07, 6.45) is 2.84. The fourth-order valence-electron chi connectivity index (χ4n) is 1.85. The van der Waals surface area contributed by atoms with E-state index in [4.69, 9.17) is 5.11 Å². The fourth-order valence-corrected chi connectivity index (χ4v) is 1.85. The molecule has 2 heterocycles. The Bertz CT molecular complexity index is 406. The summed E-state index contributed by atoms with van der Waals surface area (Å²) in [6, 6.07) is 0.463. The van der Waals surface area contributed by atoms with Gasteiger partial charge in [-0.05, 0) is 14.0 Å². The van der Waals surface area contributed by atoms with Crippen LogP contribution in [-0.2, 0) is 0 Å². The van der Waals surface area contributed by atoms with Crippen molar-refractivity contribution in [3.05, 3.63) is 18.1 Å². The Balaban J connectivity index is 2.10. The lowest BCUT2D eigenvalue weighted by atomic mass is 10.2. The van der Waals surface area contributed by atoms with Gasteiger partial charge in [0.2, 0.25) is 0 Å². The van der Waals surface area contributed by atoms with Crippen molar-refractivity contribution in [1.29, 1.82) is 0 Å². The van der Waals surface area contributed by atoms with Crippen LogP contribution in [0, 0.1) is 0 Å². The Hall–Kier alpha value is -1.69. The third-order valence-electron chi connectivity index (χ3n) is 3.14. The molecule has 0 aliphatic carbocycles. The summed E-state index contributed by atoms with van der Waals surface area (Å²) in [7, 11) is 2.10. The number of carboxylic acid groups (broad SMARTS) is 1. The number of carboxylic acids is 1. The Morgan fingerprint density at radius 3 is 2.71 bits per heavy atom. The number of anilines is 1. The van der Waals surface area contributed by atoms with Crippen molar-refractivity contribution in [2.45, 2.75) is 13.0 Å². The van der Waals surface area contributed by atoms with E-state index in [0.717, 1.165) is 25.5 Å². The maximum Gasteiger partial charge on any atom is 0.356 e. The van der Waals surface area contributed by atoms with E-state index in [0.29, 0.717) is 6.04 Å². The van der Waals surface area contributed by atoms with Crippen molar-refractivity contribution < 1.29 is 9.90 Å². The van der Waals surface area contributed by atoms with Gasteiger partial charge < -0.3 is 14.9 Å². The van der Waals surface area contributed by atoms with E-state index >= 15 is 0 Å². The van der Waals surface area contributed by atoms with Crippen LogP contribution in [0.25, 0.3) is 0 Å². The SMILES string of the molecule is CC1CN(c2cnc(C(=O)O)cn2)CCN1C. The van der Waals surface area contributed by atoms with Crippen molar-refractivity contribution in [2.75, 3.05) is 31.6 Å². The summed E-state index contributed by atoms with van der Waals surface area (Å²) < 4.78 is 0. The first kappa shape index (κ1) is 11.8. The van der Waals surface area contributed by atoms with Gasteiger partial charge in [-0.1, -0.05) is 0 Å². The maximum atomic E-state index is 10.7. The monoisotopic (exact) mass is 236 g/mol. The number of rotatable bonds is 2. The van der Waals surface area contributed by atoms with E-state index in [1.807, 2.05) is 0 Å². The Morgan fingerprint density at radius 2 is 2.18 bits per heavy atom. The summed E-state index contributed by atoms with van der Waals surface area (Å²) in [5.41, 5.74) is -0.0177. The van der Waals surface area contributed by atoms with Crippen LogP contribution in [0.5, 0.6) is 0 Å². The van der Waals surface area contributed by atoms with Crippen molar-refractivity contribution in [3.8, 4) is 0 Å². The van der Waals surface area contributed by atoms with Crippen LogP contribution in [0.4, 0.5) is 5.82 Å². The predicted octanol–water partition coefficient (Wildman–Crippen LogP) is 0.315. The molecular formula is C11H16N4O2. The molecule has 1 aliphatic heterocycles. The second-order valence-electron chi connectivity index (χ2n) is 4.34. The van der Waals surface area contributed by atoms with Crippen LogP contribution in [0.2, 0.25) is 0 Å². The molecular weight excluding hydrogens is 220 g/mol. The molecule has 1 aliphatic rings. The average molecular weight is 236 g/mol. The second kappa shape index (κ2) is 4.67. The molecule has 1 aromatic rings. The minimum atomic E-state index is -1.05. The van der Waals surface area contributed by atoms with Gasteiger partial charge in [0.15, 0.2) is 5.69 Å². The molecule has 0 amide bonds. The van der Waals surface area contributed by atoms with Crippen LogP contribution in [0.3, 0.4) is 0 Å². The Labute approximate surface area is 99.9 Å². The number of aromatic carboxylic acids is 1. The average Bonchev–Trinajstić information content (AvgIpc) is 2.33. The van der Waals surface area contributed by atoms with E-state index in [1.165, 1.54) is 12.4 Å². The summed E-state index contributed by atoms with van der Waals surface area (Å²) >= 11 is 0. The number of hydrogen-bond donors (Lipinski definition) is 1. The Morgan fingerprint density at radius 1 is 1.41 bits per heavy atom. The highest BCUT2D eigenvalue weighted by atomic mass is 16.4. The smallest absolute Gasteiger partial charge is 0.356 e. The number of nitrogens with zero attached hydrogens (tertiary/aromatic N) is 4. The highest BCUT2D eigenvalue weighted by Gasteiger charge is 2.21. The van der Waals surface area contributed by atoms with E-state index in [-0.39, 0.29) is 5.69 Å². The lowest BCUT2D eigenvalue weighted by molar-refractivity contribution is 0.0690. The molecule has 1 atom stereocenters. The molecule has 6 heteroatoms. The van der Waals surface area contributed by atoms with Crippen molar-refractivity contribution in [2.24, 2.45) is 0 Å². The van der Waals surface area contributed by atoms with Gasteiger partial charge in [0.25, 0.3) is 0 Å². The molecule has 1 N–H and O–H groups in total.